The molecule has 1 aliphatic heterocycles. The number of benzene rings is 2. The Morgan fingerprint density at radius 3 is 2.62 bits per heavy atom. The van der Waals surface area contributed by atoms with Gasteiger partial charge in [-0.1, -0.05) is 35.9 Å². The number of carbonyl (C=O) groups excluding carboxylic acids is 2. The van der Waals surface area contributed by atoms with Gasteiger partial charge in [-0.25, -0.2) is 0 Å². The topological polar surface area (TPSA) is 83.8 Å². The van der Waals surface area contributed by atoms with Crippen molar-refractivity contribution in [3.63, 3.8) is 0 Å². The lowest BCUT2D eigenvalue weighted by atomic mass is 10.00. The summed E-state index contributed by atoms with van der Waals surface area (Å²) in [7, 11) is 0. The lowest BCUT2D eigenvalue weighted by Crippen LogP contribution is -2.39. The number of nitrogens with zero attached hydrogens (tertiary/aromatic N) is 3. The molecule has 0 spiro atoms. The number of carbonyl (C=O) groups is 2. The molecular formula is C21H22ClN3O4. The molecule has 0 N–H and O–H groups in total. The molecule has 0 aliphatic carbocycles. The van der Waals surface area contributed by atoms with Gasteiger partial charge in [0.15, 0.2) is 0 Å². The number of rotatable bonds is 6. The third-order valence-corrected chi connectivity index (χ3v) is 5.46. The lowest BCUT2D eigenvalue weighted by Gasteiger charge is -2.30. The second kappa shape index (κ2) is 9.05. The van der Waals surface area contributed by atoms with Crippen LogP contribution in [0.25, 0.3) is 0 Å². The van der Waals surface area contributed by atoms with Crippen LogP contribution in [-0.4, -0.2) is 46.2 Å². The highest BCUT2D eigenvalue weighted by Gasteiger charge is 2.23. The van der Waals surface area contributed by atoms with Crippen LogP contribution in [0.1, 0.15) is 34.8 Å². The van der Waals surface area contributed by atoms with Crippen LogP contribution in [0.5, 0.6) is 0 Å². The van der Waals surface area contributed by atoms with Gasteiger partial charge in [-0.3, -0.25) is 19.7 Å². The third-order valence-electron chi connectivity index (χ3n) is 5.14. The average Bonchev–Trinajstić information content (AvgIpc) is 2.73. The van der Waals surface area contributed by atoms with Crippen LogP contribution in [0.3, 0.4) is 0 Å². The molecule has 2 aromatic rings. The largest absolute Gasteiger partial charge is 0.338 e. The van der Waals surface area contributed by atoms with Gasteiger partial charge in [0.2, 0.25) is 5.91 Å². The van der Waals surface area contributed by atoms with Crippen molar-refractivity contribution < 1.29 is 14.5 Å². The molecule has 7 nitrogen and oxygen atoms in total. The van der Waals surface area contributed by atoms with E-state index < -0.39 is 4.92 Å². The van der Waals surface area contributed by atoms with Crippen molar-refractivity contribution in [2.24, 2.45) is 0 Å². The lowest BCUT2D eigenvalue weighted by molar-refractivity contribution is -0.384. The minimum Gasteiger partial charge on any atom is -0.338 e. The van der Waals surface area contributed by atoms with E-state index in [4.69, 9.17) is 11.6 Å². The van der Waals surface area contributed by atoms with Gasteiger partial charge >= 0.3 is 0 Å². The number of fused-ring (bicyclic) bond motifs is 1. The molecule has 2 aromatic carbocycles. The van der Waals surface area contributed by atoms with Crippen LogP contribution in [0.2, 0.25) is 5.02 Å². The van der Waals surface area contributed by atoms with Crippen molar-refractivity contribution in [3.05, 3.63) is 74.3 Å². The highest BCUT2D eigenvalue weighted by atomic mass is 35.5. The van der Waals surface area contributed by atoms with Crippen LogP contribution in [-0.2, 0) is 17.8 Å². The molecule has 152 valence electrons. The summed E-state index contributed by atoms with van der Waals surface area (Å²) in [4.78, 5) is 39.2. The summed E-state index contributed by atoms with van der Waals surface area (Å²) < 4.78 is 0. The molecule has 0 aromatic heterocycles. The fourth-order valence-corrected chi connectivity index (χ4v) is 3.66. The molecule has 0 bridgehead atoms. The van der Waals surface area contributed by atoms with Gasteiger partial charge in [0.25, 0.3) is 11.6 Å². The maximum Gasteiger partial charge on any atom is 0.288 e. The fraction of sp³-hybridized carbons (Fsp3) is 0.333. The van der Waals surface area contributed by atoms with E-state index in [0.717, 1.165) is 12.0 Å². The molecular weight excluding hydrogens is 394 g/mol. The Morgan fingerprint density at radius 1 is 1.21 bits per heavy atom. The van der Waals surface area contributed by atoms with E-state index in [9.17, 15) is 19.7 Å². The molecule has 3 rings (SSSR count). The van der Waals surface area contributed by atoms with Gasteiger partial charge in [0.1, 0.15) is 5.02 Å². The van der Waals surface area contributed by atoms with Gasteiger partial charge in [0, 0.05) is 44.2 Å². The van der Waals surface area contributed by atoms with Crippen LogP contribution in [0.15, 0.2) is 42.5 Å². The summed E-state index contributed by atoms with van der Waals surface area (Å²) in [5.74, 6) is -0.364. The Balaban J connectivity index is 1.63. The molecule has 1 aliphatic rings. The minimum atomic E-state index is -0.618. The van der Waals surface area contributed by atoms with E-state index in [1.807, 2.05) is 30.0 Å². The molecule has 29 heavy (non-hydrogen) atoms. The van der Waals surface area contributed by atoms with Gasteiger partial charge in [-0.2, -0.15) is 0 Å². The van der Waals surface area contributed by atoms with Gasteiger partial charge in [0.05, 0.1) is 4.92 Å². The second-order valence-electron chi connectivity index (χ2n) is 6.89. The molecule has 0 fully saturated rings. The number of nitro benzene ring substituents is 1. The van der Waals surface area contributed by atoms with E-state index in [0.29, 0.717) is 19.6 Å². The summed E-state index contributed by atoms with van der Waals surface area (Å²) in [6, 6.07) is 12.1. The molecule has 0 radical (unpaired) electrons. The van der Waals surface area contributed by atoms with Gasteiger partial charge < -0.3 is 9.80 Å². The Morgan fingerprint density at radius 2 is 1.93 bits per heavy atom. The third kappa shape index (κ3) is 4.74. The molecule has 0 unspecified atom stereocenters. The highest BCUT2D eigenvalue weighted by Crippen LogP contribution is 2.26. The van der Waals surface area contributed by atoms with E-state index in [1.165, 1.54) is 28.7 Å². The summed E-state index contributed by atoms with van der Waals surface area (Å²) in [6.07, 6.45) is 1.03. The van der Waals surface area contributed by atoms with Gasteiger partial charge in [-0.05, 0) is 36.6 Å². The Labute approximate surface area is 174 Å². The van der Waals surface area contributed by atoms with Crippen molar-refractivity contribution in [1.82, 2.24) is 9.80 Å². The van der Waals surface area contributed by atoms with E-state index in [1.54, 1.807) is 0 Å². The predicted molar refractivity (Wildman–Crippen MR) is 110 cm³/mol. The Kier molecular flexibility index (Phi) is 6.49. The quantitative estimate of drug-likeness (QED) is 0.532. The summed E-state index contributed by atoms with van der Waals surface area (Å²) >= 11 is 5.82. The SMILES string of the molecule is CCN(CCC(=O)N1CCc2ccccc2C1)C(=O)c1ccc(Cl)c([N+](=O)[O-])c1. The van der Waals surface area contributed by atoms with Crippen molar-refractivity contribution in [1.29, 1.82) is 0 Å². The van der Waals surface area contributed by atoms with Crippen LogP contribution < -0.4 is 0 Å². The normalized spacial score (nSPS) is 13.0. The zero-order valence-electron chi connectivity index (χ0n) is 16.1. The Bertz CT molecular complexity index is 947. The van der Waals surface area contributed by atoms with Crippen LogP contribution in [0, 0.1) is 10.1 Å². The molecule has 0 saturated heterocycles. The molecule has 2 amide bonds. The first kappa shape index (κ1) is 20.8. The number of hydrogen-bond acceptors (Lipinski definition) is 4. The summed E-state index contributed by atoms with van der Waals surface area (Å²) in [6.45, 7) is 3.70. The van der Waals surface area contributed by atoms with Crippen molar-refractivity contribution in [3.8, 4) is 0 Å². The maximum absolute atomic E-state index is 12.7. The van der Waals surface area contributed by atoms with Crippen molar-refractivity contribution in [2.45, 2.75) is 26.3 Å². The van der Waals surface area contributed by atoms with E-state index in [2.05, 4.69) is 6.07 Å². The fourth-order valence-electron chi connectivity index (χ4n) is 3.47. The van der Waals surface area contributed by atoms with Crippen LogP contribution >= 0.6 is 11.6 Å². The highest BCUT2D eigenvalue weighted by molar-refractivity contribution is 6.32. The number of nitro groups is 1. The van der Waals surface area contributed by atoms with Gasteiger partial charge in [-0.15, -0.1) is 0 Å². The van der Waals surface area contributed by atoms with Crippen LogP contribution in [0.4, 0.5) is 5.69 Å². The summed E-state index contributed by atoms with van der Waals surface area (Å²) in [5.41, 5.74) is 2.30. The zero-order chi connectivity index (χ0) is 21.0. The zero-order valence-corrected chi connectivity index (χ0v) is 16.9. The number of hydrogen-bond donors (Lipinski definition) is 0. The monoisotopic (exact) mass is 415 g/mol. The first-order valence-electron chi connectivity index (χ1n) is 9.48. The molecule has 8 heteroatoms. The molecule has 0 saturated carbocycles. The molecule has 0 atom stereocenters. The minimum absolute atomic E-state index is 0.00663. The smallest absolute Gasteiger partial charge is 0.288 e. The Hall–Kier alpha value is -2.93. The van der Waals surface area contributed by atoms with Crippen molar-refractivity contribution in [2.75, 3.05) is 19.6 Å². The van der Waals surface area contributed by atoms with E-state index in [-0.39, 0.29) is 41.1 Å². The average molecular weight is 416 g/mol. The standard InChI is InChI=1S/C21H22ClN3O4/c1-2-23(21(27)16-7-8-18(22)19(13-16)25(28)29)12-10-20(26)24-11-9-15-5-3-4-6-17(15)14-24/h3-8,13H,2,9-12,14H2,1H3. The molecule has 1 heterocycles. The number of halogens is 1. The first-order valence-corrected chi connectivity index (χ1v) is 9.86. The van der Waals surface area contributed by atoms with Crippen molar-refractivity contribution >= 4 is 29.1 Å². The first-order chi connectivity index (χ1) is 13.9. The van der Waals surface area contributed by atoms with E-state index >= 15 is 0 Å². The number of amides is 2. The maximum atomic E-state index is 12.7. The predicted octanol–water partition coefficient (Wildman–Crippen LogP) is 3.69. The summed E-state index contributed by atoms with van der Waals surface area (Å²) in [5, 5.41) is 11.0. The second-order valence-corrected chi connectivity index (χ2v) is 7.30.